The quantitative estimate of drug-likeness (QED) is 0.663. The minimum Gasteiger partial charge on any atom is -0.346 e. The van der Waals surface area contributed by atoms with Crippen molar-refractivity contribution in [1.82, 2.24) is 10.3 Å². The van der Waals surface area contributed by atoms with Crippen LogP contribution in [0.4, 0.5) is 0 Å². The fraction of sp³-hybridized carbons (Fsp3) is 0.0556. The van der Waals surface area contributed by atoms with Gasteiger partial charge in [0.1, 0.15) is 11.0 Å². The third-order valence-corrected chi connectivity index (χ3v) is 3.57. The SMILES string of the molecule is Cc1cc(Cl)nc(/C(C=N)=C2\N=C(c3ccccc3)C=CN2)c1. The van der Waals surface area contributed by atoms with Crippen LogP contribution in [0, 0.1) is 12.3 Å². The first-order valence-corrected chi connectivity index (χ1v) is 7.51. The van der Waals surface area contributed by atoms with Crippen LogP contribution >= 0.6 is 11.6 Å². The summed E-state index contributed by atoms with van der Waals surface area (Å²) in [6, 6.07) is 13.6. The van der Waals surface area contributed by atoms with Gasteiger partial charge in [-0.15, -0.1) is 0 Å². The Kier molecular flexibility index (Phi) is 4.35. The first kappa shape index (κ1) is 15.2. The van der Waals surface area contributed by atoms with Crippen LogP contribution in [0.25, 0.3) is 5.57 Å². The smallest absolute Gasteiger partial charge is 0.141 e. The normalized spacial score (nSPS) is 15.7. The molecule has 114 valence electrons. The van der Waals surface area contributed by atoms with Gasteiger partial charge in [-0.2, -0.15) is 0 Å². The van der Waals surface area contributed by atoms with Crippen molar-refractivity contribution in [3.8, 4) is 0 Å². The zero-order valence-corrected chi connectivity index (χ0v) is 13.3. The highest BCUT2D eigenvalue weighted by Gasteiger charge is 2.13. The summed E-state index contributed by atoms with van der Waals surface area (Å²) in [5.74, 6) is 0.579. The molecule has 0 spiro atoms. The van der Waals surface area contributed by atoms with Gasteiger partial charge in [0.25, 0.3) is 0 Å². The largest absolute Gasteiger partial charge is 0.346 e. The Morgan fingerprint density at radius 3 is 2.70 bits per heavy atom. The van der Waals surface area contributed by atoms with Crippen molar-refractivity contribution in [2.75, 3.05) is 0 Å². The summed E-state index contributed by atoms with van der Waals surface area (Å²) in [5, 5.41) is 11.2. The Bertz CT molecular complexity index is 815. The number of hydrogen-bond donors (Lipinski definition) is 2. The number of nitrogens with one attached hydrogen (secondary N) is 2. The lowest BCUT2D eigenvalue weighted by atomic mass is 10.1. The van der Waals surface area contributed by atoms with Gasteiger partial charge in [0.2, 0.25) is 0 Å². The minimum atomic E-state index is 0.401. The maximum absolute atomic E-state index is 7.75. The van der Waals surface area contributed by atoms with E-state index < -0.39 is 0 Å². The molecule has 2 heterocycles. The highest BCUT2D eigenvalue weighted by atomic mass is 35.5. The molecule has 2 aromatic rings. The van der Waals surface area contributed by atoms with E-state index in [4.69, 9.17) is 17.0 Å². The van der Waals surface area contributed by atoms with Crippen LogP contribution in [0.1, 0.15) is 16.8 Å². The summed E-state index contributed by atoms with van der Waals surface area (Å²) in [6.07, 6.45) is 4.95. The molecule has 23 heavy (non-hydrogen) atoms. The van der Waals surface area contributed by atoms with Crippen molar-refractivity contribution >= 4 is 29.1 Å². The number of pyridine rings is 1. The molecule has 0 amide bonds. The lowest BCUT2D eigenvalue weighted by Crippen LogP contribution is -2.15. The number of hydrogen-bond acceptors (Lipinski definition) is 4. The number of aliphatic imine (C=N–C) groups is 1. The lowest BCUT2D eigenvalue weighted by Gasteiger charge is -2.14. The first-order valence-electron chi connectivity index (χ1n) is 7.14. The number of aromatic nitrogens is 1. The molecule has 1 aromatic carbocycles. The van der Waals surface area contributed by atoms with Gasteiger partial charge in [0.15, 0.2) is 0 Å². The fourth-order valence-corrected chi connectivity index (χ4v) is 2.59. The molecule has 0 saturated heterocycles. The van der Waals surface area contributed by atoms with Gasteiger partial charge in [-0.3, -0.25) is 0 Å². The van der Waals surface area contributed by atoms with Gasteiger partial charge < -0.3 is 10.7 Å². The number of nitrogens with zero attached hydrogens (tertiary/aromatic N) is 2. The minimum absolute atomic E-state index is 0.401. The standard InChI is InChI=1S/C18H15ClN4/c1-12-9-16(22-17(19)10-12)14(11-20)18-21-8-7-15(23-18)13-5-3-2-4-6-13/h2-11,20-21H,1H3/b18-14-,20-11?. The van der Waals surface area contributed by atoms with Crippen molar-refractivity contribution in [2.45, 2.75) is 6.92 Å². The number of allylic oxidation sites excluding steroid dienone is 2. The zero-order valence-electron chi connectivity index (χ0n) is 12.5. The predicted octanol–water partition coefficient (Wildman–Crippen LogP) is 3.97. The Morgan fingerprint density at radius 1 is 1.22 bits per heavy atom. The second-order valence-electron chi connectivity index (χ2n) is 5.10. The molecular weight excluding hydrogens is 308 g/mol. The van der Waals surface area contributed by atoms with E-state index in [9.17, 15) is 0 Å². The predicted molar refractivity (Wildman–Crippen MR) is 94.9 cm³/mol. The molecule has 0 aliphatic carbocycles. The van der Waals surface area contributed by atoms with Crippen LogP contribution in [-0.4, -0.2) is 16.9 Å². The molecule has 0 unspecified atom stereocenters. The lowest BCUT2D eigenvalue weighted by molar-refractivity contribution is 1.02. The van der Waals surface area contributed by atoms with E-state index in [0.29, 0.717) is 22.2 Å². The summed E-state index contributed by atoms with van der Waals surface area (Å²) < 4.78 is 0. The topological polar surface area (TPSA) is 61.1 Å². The number of rotatable bonds is 3. The summed E-state index contributed by atoms with van der Waals surface area (Å²) >= 11 is 6.04. The van der Waals surface area contributed by atoms with Gasteiger partial charge in [0.05, 0.1) is 17.0 Å². The van der Waals surface area contributed by atoms with E-state index in [0.717, 1.165) is 16.8 Å². The van der Waals surface area contributed by atoms with Gasteiger partial charge >= 0.3 is 0 Å². The maximum atomic E-state index is 7.75. The molecule has 1 aliphatic heterocycles. The van der Waals surface area contributed by atoms with E-state index in [-0.39, 0.29) is 0 Å². The number of benzene rings is 1. The second kappa shape index (κ2) is 6.58. The van der Waals surface area contributed by atoms with E-state index in [2.05, 4.69) is 15.3 Å². The molecule has 0 saturated carbocycles. The Balaban J connectivity index is 2.09. The highest BCUT2D eigenvalue weighted by Crippen LogP contribution is 2.21. The second-order valence-corrected chi connectivity index (χ2v) is 5.49. The Hall–Kier alpha value is -2.72. The van der Waals surface area contributed by atoms with Gasteiger partial charge in [-0.25, -0.2) is 9.98 Å². The molecule has 0 atom stereocenters. The number of aryl methyl sites for hydroxylation is 1. The van der Waals surface area contributed by atoms with Crippen LogP contribution in [0.15, 0.2) is 65.6 Å². The van der Waals surface area contributed by atoms with Crippen molar-refractivity contribution < 1.29 is 0 Å². The van der Waals surface area contributed by atoms with E-state index in [1.54, 1.807) is 6.07 Å². The van der Waals surface area contributed by atoms with Crippen molar-refractivity contribution in [3.05, 3.63) is 82.5 Å². The zero-order chi connectivity index (χ0) is 16.2. The summed E-state index contributed by atoms with van der Waals surface area (Å²) in [4.78, 5) is 8.92. The van der Waals surface area contributed by atoms with Crippen molar-refractivity contribution in [1.29, 1.82) is 5.41 Å². The third-order valence-electron chi connectivity index (χ3n) is 3.38. The molecule has 4 nitrogen and oxygen atoms in total. The maximum Gasteiger partial charge on any atom is 0.141 e. The van der Waals surface area contributed by atoms with Crippen LogP contribution in [0.2, 0.25) is 5.15 Å². The summed E-state index contributed by atoms with van der Waals surface area (Å²) in [7, 11) is 0. The molecule has 5 heteroatoms. The third kappa shape index (κ3) is 3.38. The monoisotopic (exact) mass is 322 g/mol. The van der Waals surface area contributed by atoms with Crippen molar-refractivity contribution in [3.63, 3.8) is 0 Å². The van der Waals surface area contributed by atoms with E-state index >= 15 is 0 Å². The first-order chi connectivity index (χ1) is 11.2. The summed E-state index contributed by atoms with van der Waals surface area (Å²) in [6.45, 7) is 1.94. The van der Waals surface area contributed by atoms with E-state index in [1.807, 2.05) is 55.6 Å². The van der Waals surface area contributed by atoms with Crippen molar-refractivity contribution in [2.24, 2.45) is 4.99 Å². The van der Waals surface area contributed by atoms with Gasteiger partial charge in [0, 0.05) is 18.0 Å². The Morgan fingerprint density at radius 2 is 2.00 bits per heavy atom. The molecule has 2 N–H and O–H groups in total. The van der Waals surface area contributed by atoms with Crippen LogP contribution in [0.3, 0.4) is 0 Å². The fourth-order valence-electron chi connectivity index (χ4n) is 2.32. The van der Waals surface area contributed by atoms with Gasteiger partial charge in [-0.05, 0) is 30.7 Å². The van der Waals surface area contributed by atoms with E-state index in [1.165, 1.54) is 6.21 Å². The highest BCUT2D eigenvalue weighted by molar-refractivity contribution is 6.29. The molecule has 1 aliphatic rings. The summed E-state index contributed by atoms with van der Waals surface area (Å²) in [5.41, 5.74) is 4.05. The average Bonchev–Trinajstić information content (AvgIpc) is 2.56. The van der Waals surface area contributed by atoms with Crippen LogP contribution in [0.5, 0.6) is 0 Å². The van der Waals surface area contributed by atoms with Crippen LogP contribution in [-0.2, 0) is 0 Å². The number of halogens is 1. The van der Waals surface area contributed by atoms with Gasteiger partial charge in [-0.1, -0.05) is 41.9 Å². The molecule has 0 bridgehead atoms. The molecular formula is C18H15ClN4. The molecule has 0 fully saturated rings. The molecule has 0 radical (unpaired) electrons. The Labute approximate surface area is 139 Å². The molecule has 3 rings (SSSR count). The van der Waals surface area contributed by atoms with Crippen LogP contribution < -0.4 is 5.32 Å². The molecule has 1 aromatic heterocycles. The average molecular weight is 323 g/mol.